The molecule has 0 aromatic heterocycles. The minimum atomic E-state index is -1.47. The van der Waals surface area contributed by atoms with Gasteiger partial charge in [0.2, 0.25) is 0 Å². The molecule has 5 nitrogen and oxygen atoms in total. The zero-order valence-electron chi connectivity index (χ0n) is 13.4. The predicted octanol–water partition coefficient (Wildman–Crippen LogP) is 0.479. The van der Waals surface area contributed by atoms with Crippen molar-refractivity contribution < 1.29 is 19.5 Å². The van der Waals surface area contributed by atoms with Crippen LogP contribution in [0.1, 0.15) is 19.4 Å². The van der Waals surface area contributed by atoms with Crippen molar-refractivity contribution in [2.45, 2.75) is 20.4 Å². The molecule has 0 unspecified atom stereocenters. The Kier molecular flexibility index (Phi) is 7.74. The first-order valence-electron chi connectivity index (χ1n) is 7.22. The molecule has 0 aliphatic heterocycles. The fourth-order valence-corrected chi connectivity index (χ4v) is 2.30. The maximum atomic E-state index is 9.31. The Bertz CT molecular complexity index is 426. The molecular formula is C15H26BNO4. The average molecular weight is 295 g/mol. The standard InChI is InChI=1S/C15H26BNO4/c1-12(2)10-17(7-8-20-3)11-13-9-14(16(18)19)5-6-15(13)21-4/h5-6,9,12,18-19H,7-8,10-11H2,1-4H3. The van der Waals surface area contributed by atoms with Gasteiger partial charge in [-0.15, -0.1) is 0 Å². The summed E-state index contributed by atoms with van der Waals surface area (Å²) in [6.45, 7) is 7.46. The molecule has 0 fully saturated rings. The van der Waals surface area contributed by atoms with Crippen molar-refractivity contribution in [3.63, 3.8) is 0 Å². The molecule has 0 aliphatic carbocycles. The summed E-state index contributed by atoms with van der Waals surface area (Å²) in [4.78, 5) is 2.28. The molecule has 0 amide bonds. The van der Waals surface area contributed by atoms with E-state index in [-0.39, 0.29) is 0 Å². The molecular weight excluding hydrogens is 269 g/mol. The van der Waals surface area contributed by atoms with Crippen molar-refractivity contribution in [3.05, 3.63) is 23.8 Å². The Balaban J connectivity index is 2.91. The van der Waals surface area contributed by atoms with Gasteiger partial charge in [-0.3, -0.25) is 4.90 Å². The van der Waals surface area contributed by atoms with Gasteiger partial charge in [-0.1, -0.05) is 26.0 Å². The number of hydrogen-bond donors (Lipinski definition) is 2. The van der Waals surface area contributed by atoms with Gasteiger partial charge in [-0.05, 0) is 17.4 Å². The molecule has 0 aliphatic rings. The van der Waals surface area contributed by atoms with Crippen LogP contribution in [-0.4, -0.2) is 56.0 Å². The first-order chi connectivity index (χ1) is 9.97. The second-order valence-electron chi connectivity index (χ2n) is 5.57. The van der Waals surface area contributed by atoms with Crippen LogP contribution < -0.4 is 10.2 Å². The number of ether oxygens (including phenoxy) is 2. The zero-order chi connectivity index (χ0) is 15.8. The predicted molar refractivity (Wildman–Crippen MR) is 84.8 cm³/mol. The van der Waals surface area contributed by atoms with Crippen LogP contribution in [-0.2, 0) is 11.3 Å². The Labute approximate surface area is 127 Å². The number of benzene rings is 1. The summed E-state index contributed by atoms with van der Waals surface area (Å²) in [5, 5.41) is 18.6. The largest absolute Gasteiger partial charge is 0.496 e. The number of methoxy groups -OCH3 is 2. The monoisotopic (exact) mass is 295 g/mol. The molecule has 0 bridgehead atoms. The molecule has 0 saturated carbocycles. The fraction of sp³-hybridized carbons (Fsp3) is 0.600. The van der Waals surface area contributed by atoms with E-state index in [1.165, 1.54) is 0 Å². The van der Waals surface area contributed by atoms with Gasteiger partial charge >= 0.3 is 7.12 Å². The summed E-state index contributed by atoms with van der Waals surface area (Å²) in [6, 6.07) is 5.21. The van der Waals surface area contributed by atoms with Gasteiger partial charge in [0.05, 0.1) is 13.7 Å². The zero-order valence-corrected chi connectivity index (χ0v) is 13.4. The maximum absolute atomic E-state index is 9.31. The minimum absolute atomic E-state index is 0.474. The second kappa shape index (κ2) is 9.05. The lowest BCUT2D eigenvalue weighted by molar-refractivity contribution is 0.135. The lowest BCUT2D eigenvalue weighted by atomic mass is 9.79. The number of nitrogens with zero attached hydrogens (tertiary/aromatic N) is 1. The van der Waals surface area contributed by atoms with Gasteiger partial charge in [0.15, 0.2) is 0 Å². The van der Waals surface area contributed by atoms with Crippen molar-refractivity contribution >= 4 is 12.6 Å². The SMILES string of the molecule is COCCN(Cc1cc(B(O)O)ccc1OC)CC(C)C. The van der Waals surface area contributed by atoms with Crippen molar-refractivity contribution in [2.24, 2.45) is 5.92 Å². The number of hydrogen-bond acceptors (Lipinski definition) is 5. The summed E-state index contributed by atoms with van der Waals surface area (Å²) < 4.78 is 10.5. The van der Waals surface area contributed by atoms with E-state index >= 15 is 0 Å². The van der Waals surface area contributed by atoms with Gasteiger partial charge < -0.3 is 19.5 Å². The molecule has 6 heteroatoms. The van der Waals surface area contributed by atoms with E-state index in [1.54, 1.807) is 32.4 Å². The molecule has 0 radical (unpaired) electrons. The highest BCUT2D eigenvalue weighted by molar-refractivity contribution is 6.58. The quantitative estimate of drug-likeness (QED) is 0.649. The van der Waals surface area contributed by atoms with Crippen LogP contribution in [0.4, 0.5) is 0 Å². The molecule has 0 spiro atoms. The third-order valence-corrected chi connectivity index (χ3v) is 3.23. The van der Waals surface area contributed by atoms with E-state index in [0.717, 1.165) is 24.4 Å². The van der Waals surface area contributed by atoms with Crippen LogP contribution >= 0.6 is 0 Å². The smallest absolute Gasteiger partial charge is 0.488 e. The van der Waals surface area contributed by atoms with Gasteiger partial charge in [0.25, 0.3) is 0 Å². The van der Waals surface area contributed by atoms with Crippen molar-refractivity contribution in [1.82, 2.24) is 4.90 Å². The molecule has 0 atom stereocenters. The van der Waals surface area contributed by atoms with Crippen LogP contribution in [0.2, 0.25) is 0 Å². The van der Waals surface area contributed by atoms with Crippen LogP contribution in [0, 0.1) is 5.92 Å². The van der Waals surface area contributed by atoms with E-state index in [2.05, 4.69) is 18.7 Å². The fourth-order valence-electron chi connectivity index (χ4n) is 2.30. The van der Waals surface area contributed by atoms with E-state index in [9.17, 15) is 10.0 Å². The third kappa shape index (κ3) is 6.05. The molecule has 2 N–H and O–H groups in total. The maximum Gasteiger partial charge on any atom is 0.488 e. The van der Waals surface area contributed by atoms with Gasteiger partial charge in [-0.2, -0.15) is 0 Å². The molecule has 1 aromatic carbocycles. The van der Waals surface area contributed by atoms with Gasteiger partial charge in [0, 0.05) is 32.3 Å². The van der Waals surface area contributed by atoms with E-state index in [1.807, 2.05) is 0 Å². The van der Waals surface area contributed by atoms with Crippen LogP contribution in [0.3, 0.4) is 0 Å². The van der Waals surface area contributed by atoms with E-state index in [0.29, 0.717) is 24.5 Å². The molecule has 1 rings (SSSR count). The van der Waals surface area contributed by atoms with Crippen LogP contribution in [0.25, 0.3) is 0 Å². The average Bonchev–Trinajstić information content (AvgIpc) is 2.44. The molecule has 0 saturated heterocycles. The number of rotatable bonds is 9. The Morgan fingerprint density at radius 1 is 1.24 bits per heavy atom. The van der Waals surface area contributed by atoms with Gasteiger partial charge in [-0.25, -0.2) is 0 Å². The first-order valence-corrected chi connectivity index (χ1v) is 7.22. The Morgan fingerprint density at radius 3 is 2.48 bits per heavy atom. The minimum Gasteiger partial charge on any atom is -0.496 e. The summed E-state index contributed by atoms with van der Waals surface area (Å²) in [5.41, 5.74) is 1.42. The highest BCUT2D eigenvalue weighted by Crippen LogP contribution is 2.19. The van der Waals surface area contributed by atoms with E-state index < -0.39 is 7.12 Å². The highest BCUT2D eigenvalue weighted by Gasteiger charge is 2.16. The Morgan fingerprint density at radius 2 is 1.95 bits per heavy atom. The summed E-state index contributed by atoms with van der Waals surface area (Å²) in [5.74, 6) is 1.30. The van der Waals surface area contributed by atoms with Crippen LogP contribution in [0.15, 0.2) is 18.2 Å². The molecule has 1 aromatic rings. The summed E-state index contributed by atoms with van der Waals surface area (Å²) >= 11 is 0. The van der Waals surface area contributed by atoms with Crippen LogP contribution in [0.5, 0.6) is 5.75 Å². The highest BCUT2D eigenvalue weighted by atomic mass is 16.5. The Hall–Kier alpha value is -1.08. The third-order valence-electron chi connectivity index (χ3n) is 3.23. The first kappa shape index (κ1) is 18.0. The summed E-state index contributed by atoms with van der Waals surface area (Å²) in [6.07, 6.45) is 0. The van der Waals surface area contributed by atoms with Gasteiger partial charge in [0.1, 0.15) is 5.75 Å². The molecule has 118 valence electrons. The molecule has 21 heavy (non-hydrogen) atoms. The van der Waals surface area contributed by atoms with Crippen molar-refractivity contribution in [3.8, 4) is 5.75 Å². The summed E-state index contributed by atoms with van der Waals surface area (Å²) in [7, 11) is 1.85. The lowest BCUT2D eigenvalue weighted by Crippen LogP contribution is -2.33. The van der Waals surface area contributed by atoms with Crippen molar-refractivity contribution in [1.29, 1.82) is 0 Å². The topological polar surface area (TPSA) is 62.2 Å². The molecule has 0 heterocycles. The van der Waals surface area contributed by atoms with E-state index in [4.69, 9.17) is 9.47 Å². The van der Waals surface area contributed by atoms with Crippen molar-refractivity contribution in [2.75, 3.05) is 33.9 Å². The lowest BCUT2D eigenvalue weighted by Gasteiger charge is -2.25. The second-order valence-corrected chi connectivity index (χ2v) is 5.57. The normalized spacial score (nSPS) is 11.2.